The predicted molar refractivity (Wildman–Crippen MR) is 246 cm³/mol. The number of aromatic amines is 2. The van der Waals surface area contributed by atoms with Crippen molar-refractivity contribution >= 4 is 74.7 Å². The number of ether oxygens (including phenoxy) is 7. The lowest BCUT2D eigenvalue weighted by molar-refractivity contribution is -0.745. The van der Waals surface area contributed by atoms with Crippen LogP contribution in [0.25, 0.3) is 33.5 Å². The van der Waals surface area contributed by atoms with Crippen molar-refractivity contribution in [3.63, 3.8) is 0 Å². The molecule has 0 amide bonds. The molecule has 3 aliphatic rings. The number of nitrogens with two attached hydrogens (primary N) is 3. The molecule has 0 spiro atoms. The summed E-state index contributed by atoms with van der Waals surface area (Å²) in [5.41, 5.74) is 16.4. The number of rotatable bonds is 22. The number of nitrogen functional groups attached to an aromatic ring is 3. The smallest absolute Gasteiger partial charge is 0.487 e. The Kier molecular flexibility index (Phi) is 15.9. The zero-order valence-electron chi connectivity index (χ0n) is 39.7. The lowest BCUT2D eigenvalue weighted by Crippen LogP contribution is -2.45. The molecule has 6 aromatic heterocycles. The van der Waals surface area contributed by atoms with Gasteiger partial charge in [-0.25, -0.2) is 37.9 Å². The number of hydrogen-bond donors (Lipinski definition) is 10. The Morgan fingerprint density at radius 2 is 1.46 bits per heavy atom. The van der Waals surface area contributed by atoms with Gasteiger partial charge in [-0.3, -0.25) is 42.3 Å². The molecule has 3 aliphatic heterocycles. The number of aliphatic hydroxyl groups is 3. The number of aliphatic hydroxyl groups excluding tert-OH is 3. The molecule has 15 atom stereocenters. The molecule has 0 aromatic carbocycles. The molecule has 416 valence electrons. The normalized spacial score (nSPS) is 29.4. The number of imidazole rings is 3. The van der Waals surface area contributed by atoms with Gasteiger partial charge in [0.25, 0.3) is 24.9 Å². The van der Waals surface area contributed by atoms with Gasteiger partial charge in [-0.05, 0) is 6.42 Å². The second-order valence-corrected chi connectivity index (χ2v) is 21.8. The van der Waals surface area contributed by atoms with Crippen LogP contribution in [-0.4, -0.2) is 175 Å². The van der Waals surface area contributed by atoms with E-state index in [0.29, 0.717) is 0 Å². The number of aryl methyl sites for hydroxylation is 1. The minimum absolute atomic E-state index is 0.00295. The summed E-state index contributed by atoms with van der Waals surface area (Å²) >= 11 is 0. The molecule has 13 N–H and O–H groups in total. The lowest BCUT2D eigenvalue weighted by atomic mass is 9.95. The highest BCUT2D eigenvalue weighted by atomic mass is 31.3. The number of aromatic nitrogens is 12. The van der Waals surface area contributed by atoms with Crippen LogP contribution in [0.15, 0.2) is 34.9 Å². The van der Waals surface area contributed by atoms with E-state index in [1.165, 1.54) is 52.2 Å². The molecule has 3 saturated heterocycles. The van der Waals surface area contributed by atoms with E-state index in [0.717, 1.165) is 12.7 Å². The summed E-state index contributed by atoms with van der Waals surface area (Å²) in [6.45, 7) is -3.00. The number of nitrogens with one attached hydrogen (secondary N) is 2. The zero-order chi connectivity index (χ0) is 54.6. The molecule has 0 saturated carbocycles. The first-order chi connectivity index (χ1) is 36.0. The van der Waals surface area contributed by atoms with E-state index in [9.17, 15) is 53.3 Å². The Hall–Kier alpha value is -5.34. The van der Waals surface area contributed by atoms with Crippen LogP contribution in [0, 0.1) is 5.92 Å². The van der Waals surface area contributed by atoms with Crippen molar-refractivity contribution in [2.24, 2.45) is 13.0 Å². The minimum Gasteiger partial charge on any atom is -0.756 e. The van der Waals surface area contributed by atoms with Crippen LogP contribution in [0.4, 0.5) is 17.7 Å². The number of fused-ring (bicyclic) bond motifs is 3. The van der Waals surface area contributed by atoms with Gasteiger partial charge in [-0.15, -0.1) is 0 Å². The minimum atomic E-state index is -6.14. The maximum Gasteiger partial charge on any atom is 0.487 e. The average Bonchev–Trinajstić information content (AvgIpc) is 4.22. The van der Waals surface area contributed by atoms with E-state index in [1.807, 2.05) is 0 Å². The highest BCUT2D eigenvalue weighted by Gasteiger charge is 2.51. The topological polar surface area (TPSA) is 517 Å². The Balaban J connectivity index is 0.846. The van der Waals surface area contributed by atoms with Crippen molar-refractivity contribution in [3.8, 4) is 0 Å². The second kappa shape index (κ2) is 21.8. The summed E-state index contributed by atoms with van der Waals surface area (Å²) < 4.78 is 104. The van der Waals surface area contributed by atoms with Crippen LogP contribution in [-0.2, 0) is 71.6 Å². The lowest BCUT2D eigenvalue weighted by Gasteiger charge is -2.27. The number of phosphoric acid groups is 3. The Morgan fingerprint density at radius 3 is 2.20 bits per heavy atom. The maximum absolute atomic E-state index is 13.3. The summed E-state index contributed by atoms with van der Waals surface area (Å²) in [5.74, 6) is -1.41. The molecule has 40 heteroatoms. The van der Waals surface area contributed by atoms with Crippen LogP contribution >= 0.6 is 23.5 Å². The standard InChI is InChI=1S/C36H50N15O22P3/c1-48-12-51(29-20(48)31(56)47-36(39)45-29)32-21(52)14(4-5-63-2)15(69-32)7-67-74(57,58)72-76(61,62)73-75(59,60)68-8-17-24(25(64-3)34(71-17)49-10-42-18-26(37)40-9-41-27(18)49)66-13-65-6-16-22(53)23(54)33(70-16)50-11-43-19-28(50)44-35(38)46-30(19)55/h9-12,14-17,21-25,32-34,52-54H,4-8,13H2,1-3H3,(H10-,37,38,39,40,41,44,45,46,47,55,56,57,58,59,60,61,62)/t14-,15-,16-,17-,21-,22-,23-,24-,25-,32-,33-,34-/m1/s1. The first-order valence-electron chi connectivity index (χ1n) is 22.3. The van der Waals surface area contributed by atoms with Crippen molar-refractivity contribution in [1.82, 2.24) is 53.6 Å². The van der Waals surface area contributed by atoms with Gasteiger partial charge >= 0.3 is 21.3 Å². The molecule has 3 unspecified atom stereocenters. The molecule has 0 radical (unpaired) electrons. The molecule has 76 heavy (non-hydrogen) atoms. The molecular formula is C36H50N15O22P3. The fourth-order valence-corrected chi connectivity index (χ4v) is 12.5. The molecular weight excluding hydrogens is 1090 g/mol. The fourth-order valence-electron chi connectivity index (χ4n) is 8.99. The third-order valence-corrected chi connectivity index (χ3v) is 16.6. The van der Waals surface area contributed by atoms with Gasteiger partial charge < -0.3 is 84.9 Å². The van der Waals surface area contributed by atoms with Crippen molar-refractivity contribution in [3.05, 3.63) is 46.0 Å². The molecule has 37 nitrogen and oxygen atoms in total. The average molecular weight is 1140 g/mol. The van der Waals surface area contributed by atoms with Crippen molar-refractivity contribution in [2.45, 2.75) is 73.9 Å². The number of methoxy groups -OCH3 is 2. The van der Waals surface area contributed by atoms with E-state index in [-0.39, 0.29) is 64.2 Å². The first kappa shape index (κ1) is 55.4. The third kappa shape index (κ3) is 11.2. The van der Waals surface area contributed by atoms with E-state index >= 15 is 0 Å². The van der Waals surface area contributed by atoms with Gasteiger partial charge in [0.2, 0.25) is 17.7 Å². The van der Waals surface area contributed by atoms with Gasteiger partial charge in [0.15, 0.2) is 41.4 Å². The van der Waals surface area contributed by atoms with Crippen LogP contribution in [0.1, 0.15) is 25.1 Å². The van der Waals surface area contributed by atoms with E-state index in [4.69, 9.17) is 59.4 Å². The van der Waals surface area contributed by atoms with Crippen LogP contribution < -0.4 is 37.8 Å². The zero-order valence-corrected chi connectivity index (χ0v) is 42.4. The molecule has 3 fully saturated rings. The SMILES string of the molecule is COCC[C@H]1[C@@H](O)[C@H]([n+]2cn(C)c3c(=O)[nH]c(N)nc32)O[C@@H]1COP(=O)([O-])OP(=O)(O)OP(=O)(O)OC[C@H]1O[C@@H](n2cnc3c(N)ncnc32)[C@H](OC)[C@@H]1OCOC[C@H]1O[C@@H](n2cnc3c(=O)[nH]c(N)nc32)[C@H](O)[C@@H]1O. The van der Waals surface area contributed by atoms with Gasteiger partial charge in [0.1, 0.15) is 61.4 Å². The fraction of sp³-hybridized carbons (Fsp3) is 0.583. The monoisotopic (exact) mass is 1140 g/mol. The highest BCUT2D eigenvalue weighted by molar-refractivity contribution is 7.66. The molecule has 0 aliphatic carbocycles. The van der Waals surface area contributed by atoms with E-state index in [1.54, 1.807) is 0 Å². The third-order valence-electron chi connectivity index (χ3n) is 12.4. The molecule has 6 aromatic rings. The van der Waals surface area contributed by atoms with Crippen LogP contribution in [0.3, 0.4) is 0 Å². The van der Waals surface area contributed by atoms with Crippen LogP contribution in [0.5, 0.6) is 0 Å². The Labute approximate surface area is 424 Å². The van der Waals surface area contributed by atoms with Gasteiger partial charge in [-0.2, -0.15) is 9.29 Å². The molecule has 9 rings (SSSR count). The van der Waals surface area contributed by atoms with E-state index in [2.05, 4.69) is 48.5 Å². The van der Waals surface area contributed by atoms with Crippen molar-refractivity contribution < 1.29 is 99.1 Å². The van der Waals surface area contributed by atoms with Gasteiger partial charge in [0, 0.05) is 26.7 Å². The highest BCUT2D eigenvalue weighted by Crippen LogP contribution is 2.66. The summed E-state index contributed by atoms with van der Waals surface area (Å²) in [4.78, 5) is 88.2. The van der Waals surface area contributed by atoms with Gasteiger partial charge in [0.05, 0.1) is 45.6 Å². The number of phosphoric ester groups is 2. The summed E-state index contributed by atoms with van der Waals surface area (Å²) in [7, 11) is -13.8. The summed E-state index contributed by atoms with van der Waals surface area (Å²) in [6.07, 6.45) is -9.82. The second-order valence-electron chi connectivity index (χ2n) is 17.2. The van der Waals surface area contributed by atoms with Crippen LogP contribution in [0.2, 0.25) is 0 Å². The quantitative estimate of drug-likeness (QED) is 0.0133. The van der Waals surface area contributed by atoms with E-state index < -0.39 is 135 Å². The number of H-pyrrole nitrogens is 2. The molecule has 9 heterocycles. The summed E-state index contributed by atoms with van der Waals surface area (Å²) in [6, 6.07) is 0. The van der Waals surface area contributed by atoms with Crippen molar-refractivity contribution in [1.29, 1.82) is 0 Å². The maximum atomic E-state index is 13.3. The number of anilines is 3. The first-order valence-corrected chi connectivity index (χ1v) is 26.8. The Bertz CT molecular complexity index is 3360. The predicted octanol–water partition coefficient (Wildman–Crippen LogP) is -4.19. The van der Waals surface area contributed by atoms with Crippen molar-refractivity contribution in [2.75, 3.05) is 64.6 Å². The number of hydrogen-bond acceptors (Lipinski definition) is 29. The summed E-state index contributed by atoms with van der Waals surface area (Å²) in [5, 5.41) is 33.1. The molecule has 0 bridgehead atoms. The number of nitrogens with zero attached hydrogens (tertiary/aromatic N) is 10. The Morgan fingerprint density at radius 1 is 0.776 bits per heavy atom. The largest absolute Gasteiger partial charge is 0.756 e. The van der Waals surface area contributed by atoms with Gasteiger partial charge in [-0.1, -0.05) is 4.98 Å².